The summed E-state index contributed by atoms with van der Waals surface area (Å²) in [6, 6.07) is 5.87. The van der Waals surface area contributed by atoms with E-state index >= 15 is 0 Å². The van der Waals surface area contributed by atoms with Crippen LogP contribution in [0.5, 0.6) is 5.88 Å². The van der Waals surface area contributed by atoms with Crippen LogP contribution >= 0.6 is 11.3 Å². The van der Waals surface area contributed by atoms with Gasteiger partial charge in [0, 0.05) is 23.6 Å². The molecule has 0 unspecified atom stereocenters. The van der Waals surface area contributed by atoms with Gasteiger partial charge >= 0.3 is 0 Å². The molecular formula is C15H16N4OS. The molecule has 0 spiro atoms. The Labute approximate surface area is 126 Å². The lowest BCUT2D eigenvalue weighted by atomic mass is 10.2. The fourth-order valence-electron chi connectivity index (χ4n) is 2.11. The van der Waals surface area contributed by atoms with E-state index in [1.165, 1.54) is 4.88 Å². The molecule has 21 heavy (non-hydrogen) atoms. The molecule has 0 bridgehead atoms. The van der Waals surface area contributed by atoms with Crippen molar-refractivity contribution in [2.24, 2.45) is 0 Å². The van der Waals surface area contributed by atoms with E-state index in [0.29, 0.717) is 18.1 Å². The third-order valence-electron chi connectivity index (χ3n) is 3.24. The van der Waals surface area contributed by atoms with Crippen LogP contribution in [-0.2, 0) is 12.8 Å². The first-order chi connectivity index (χ1) is 10.2. The molecule has 6 heteroatoms. The first-order valence-electron chi connectivity index (χ1n) is 6.73. The highest BCUT2D eigenvalue weighted by Gasteiger charge is 2.10. The average Bonchev–Trinajstić information content (AvgIpc) is 2.92. The second-order valence-corrected chi connectivity index (χ2v) is 5.81. The summed E-state index contributed by atoms with van der Waals surface area (Å²) in [4.78, 5) is 15.4. The van der Waals surface area contributed by atoms with Crippen LogP contribution in [0.25, 0.3) is 10.2 Å². The fourth-order valence-corrected chi connectivity index (χ4v) is 3.11. The first kappa shape index (κ1) is 13.8. The highest BCUT2D eigenvalue weighted by Crippen LogP contribution is 2.28. The summed E-state index contributed by atoms with van der Waals surface area (Å²) in [5.74, 6) is 1.87. The molecule has 3 rings (SSSR count). The SMILES string of the molecule is CCc1cc2c(N)nc(Cc3ccc(OC)nc3)nc2s1. The maximum absolute atomic E-state index is 6.04. The average molecular weight is 300 g/mol. The van der Waals surface area contributed by atoms with Crippen molar-refractivity contribution >= 4 is 27.4 Å². The molecule has 108 valence electrons. The van der Waals surface area contributed by atoms with Crippen molar-refractivity contribution in [2.75, 3.05) is 12.8 Å². The Bertz CT molecular complexity index is 767. The molecule has 0 amide bonds. The quantitative estimate of drug-likeness (QED) is 0.802. The third kappa shape index (κ3) is 2.80. The Balaban J connectivity index is 1.92. The molecule has 0 aromatic carbocycles. The maximum atomic E-state index is 6.04. The number of ether oxygens (including phenoxy) is 1. The topological polar surface area (TPSA) is 73.9 Å². The molecule has 0 saturated carbocycles. The lowest BCUT2D eigenvalue weighted by molar-refractivity contribution is 0.397. The number of rotatable bonds is 4. The minimum Gasteiger partial charge on any atom is -0.481 e. The van der Waals surface area contributed by atoms with Gasteiger partial charge in [-0.25, -0.2) is 15.0 Å². The van der Waals surface area contributed by atoms with E-state index in [1.807, 2.05) is 12.1 Å². The van der Waals surface area contributed by atoms with Crippen LogP contribution in [0, 0.1) is 0 Å². The van der Waals surface area contributed by atoms with Gasteiger partial charge in [0.15, 0.2) is 0 Å². The Morgan fingerprint density at radius 2 is 2.14 bits per heavy atom. The minimum absolute atomic E-state index is 0.549. The highest BCUT2D eigenvalue weighted by atomic mass is 32.1. The van der Waals surface area contributed by atoms with E-state index in [9.17, 15) is 0 Å². The van der Waals surface area contributed by atoms with Crippen LogP contribution in [0.3, 0.4) is 0 Å². The van der Waals surface area contributed by atoms with Gasteiger partial charge in [-0.2, -0.15) is 0 Å². The van der Waals surface area contributed by atoms with Gasteiger partial charge in [0.25, 0.3) is 0 Å². The Kier molecular flexibility index (Phi) is 3.70. The van der Waals surface area contributed by atoms with Crippen LogP contribution in [0.2, 0.25) is 0 Å². The summed E-state index contributed by atoms with van der Waals surface area (Å²) in [6.07, 6.45) is 3.36. The number of hydrogen-bond acceptors (Lipinski definition) is 6. The van der Waals surface area contributed by atoms with Gasteiger partial charge in [-0.05, 0) is 18.1 Å². The van der Waals surface area contributed by atoms with Crippen molar-refractivity contribution in [1.82, 2.24) is 15.0 Å². The molecule has 3 aromatic rings. The summed E-state index contributed by atoms with van der Waals surface area (Å²) in [5.41, 5.74) is 7.07. The van der Waals surface area contributed by atoms with Crippen LogP contribution in [0.1, 0.15) is 23.2 Å². The predicted molar refractivity (Wildman–Crippen MR) is 84.8 cm³/mol. The standard InChI is InChI=1S/C15H16N4OS/c1-3-10-7-11-14(16)18-12(19-15(11)21-10)6-9-4-5-13(20-2)17-8-9/h4-5,7-8H,3,6H2,1-2H3,(H2,16,18,19). The Morgan fingerprint density at radius 3 is 2.81 bits per heavy atom. The van der Waals surface area contributed by atoms with E-state index in [4.69, 9.17) is 10.5 Å². The van der Waals surface area contributed by atoms with E-state index in [2.05, 4.69) is 27.9 Å². The number of nitrogens with zero attached hydrogens (tertiary/aromatic N) is 3. The van der Waals surface area contributed by atoms with E-state index in [0.717, 1.165) is 28.0 Å². The van der Waals surface area contributed by atoms with Crippen LogP contribution in [0.15, 0.2) is 24.4 Å². The summed E-state index contributed by atoms with van der Waals surface area (Å²) < 4.78 is 5.05. The van der Waals surface area contributed by atoms with Gasteiger partial charge in [-0.15, -0.1) is 11.3 Å². The lowest BCUT2D eigenvalue weighted by Gasteiger charge is -2.03. The van der Waals surface area contributed by atoms with Crippen LogP contribution in [0.4, 0.5) is 5.82 Å². The molecule has 0 fully saturated rings. The smallest absolute Gasteiger partial charge is 0.212 e. The molecule has 0 saturated heterocycles. The number of thiophene rings is 1. The van der Waals surface area contributed by atoms with Crippen molar-refractivity contribution < 1.29 is 4.74 Å². The summed E-state index contributed by atoms with van der Waals surface area (Å²) in [5, 5.41) is 0.952. The monoisotopic (exact) mass is 300 g/mol. The Morgan fingerprint density at radius 1 is 1.29 bits per heavy atom. The molecule has 0 atom stereocenters. The summed E-state index contributed by atoms with van der Waals surface area (Å²) >= 11 is 1.68. The van der Waals surface area contributed by atoms with Crippen molar-refractivity contribution in [2.45, 2.75) is 19.8 Å². The van der Waals surface area contributed by atoms with Crippen molar-refractivity contribution in [1.29, 1.82) is 0 Å². The molecule has 0 radical (unpaired) electrons. The van der Waals surface area contributed by atoms with E-state index in [-0.39, 0.29) is 0 Å². The van der Waals surface area contributed by atoms with Crippen LogP contribution < -0.4 is 10.5 Å². The van der Waals surface area contributed by atoms with Gasteiger partial charge in [-0.1, -0.05) is 13.0 Å². The van der Waals surface area contributed by atoms with Crippen LogP contribution in [-0.4, -0.2) is 22.1 Å². The molecule has 3 aromatic heterocycles. The Hall–Kier alpha value is -2.21. The molecular weight excluding hydrogens is 284 g/mol. The molecule has 0 aliphatic rings. The number of hydrogen-bond donors (Lipinski definition) is 1. The minimum atomic E-state index is 0.549. The zero-order valence-corrected chi connectivity index (χ0v) is 12.8. The number of pyridine rings is 1. The number of aromatic nitrogens is 3. The third-order valence-corrected chi connectivity index (χ3v) is 4.41. The number of methoxy groups -OCH3 is 1. The summed E-state index contributed by atoms with van der Waals surface area (Å²) in [7, 11) is 1.60. The number of fused-ring (bicyclic) bond motifs is 1. The zero-order chi connectivity index (χ0) is 14.8. The fraction of sp³-hybridized carbons (Fsp3) is 0.267. The molecule has 2 N–H and O–H groups in total. The van der Waals surface area contributed by atoms with Crippen molar-refractivity contribution in [3.63, 3.8) is 0 Å². The van der Waals surface area contributed by atoms with Gasteiger partial charge in [0.2, 0.25) is 5.88 Å². The van der Waals surface area contributed by atoms with Gasteiger partial charge < -0.3 is 10.5 Å². The second kappa shape index (κ2) is 5.65. The van der Waals surface area contributed by atoms with Crippen molar-refractivity contribution in [3.05, 3.63) is 40.7 Å². The van der Waals surface area contributed by atoms with Crippen molar-refractivity contribution in [3.8, 4) is 5.88 Å². The molecule has 5 nitrogen and oxygen atoms in total. The van der Waals surface area contributed by atoms with Gasteiger partial charge in [0.05, 0.1) is 12.5 Å². The molecule has 0 aliphatic carbocycles. The van der Waals surface area contributed by atoms with E-state index in [1.54, 1.807) is 24.6 Å². The summed E-state index contributed by atoms with van der Waals surface area (Å²) in [6.45, 7) is 2.12. The number of nitrogen functional groups attached to an aromatic ring is 1. The number of anilines is 1. The van der Waals surface area contributed by atoms with Gasteiger partial charge in [-0.3, -0.25) is 0 Å². The normalized spacial score (nSPS) is 11.0. The number of nitrogens with two attached hydrogens (primary N) is 1. The molecule has 3 heterocycles. The zero-order valence-electron chi connectivity index (χ0n) is 12.0. The molecule has 0 aliphatic heterocycles. The first-order valence-corrected chi connectivity index (χ1v) is 7.55. The highest BCUT2D eigenvalue weighted by molar-refractivity contribution is 7.18. The maximum Gasteiger partial charge on any atom is 0.212 e. The lowest BCUT2D eigenvalue weighted by Crippen LogP contribution is -2.01. The number of aryl methyl sites for hydroxylation is 1. The van der Waals surface area contributed by atoms with E-state index < -0.39 is 0 Å². The predicted octanol–water partition coefficient (Wildman–Crippen LogP) is 2.83. The largest absolute Gasteiger partial charge is 0.481 e. The second-order valence-electron chi connectivity index (χ2n) is 4.70. The van der Waals surface area contributed by atoms with Gasteiger partial charge in [0.1, 0.15) is 16.5 Å².